The predicted octanol–water partition coefficient (Wildman–Crippen LogP) is 2.41. The van der Waals surface area contributed by atoms with Crippen molar-refractivity contribution in [1.29, 1.82) is 0 Å². The highest BCUT2D eigenvalue weighted by molar-refractivity contribution is 6.04. The highest BCUT2D eigenvalue weighted by Crippen LogP contribution is 2.18. The van der Waals surface area contributed by atoms with Gasteiger partial charge in [-0.15, -0.1) is 0 Å². The summed E-state index contributed by atoms with van der Waals surface area (Å²) in [6.07, 6.45) is 2.30. The van der Waals surface area contributed by atoms with Gasteiger partial charge in [-0.1, -0.05) is 0 Å². The molecule has 10 heteroatoms. The van der Waals surface area contributed by atoms with E-state index in [0.717, 1.165) is 12.1 Å². The summed E-state index contributed by atoms with van der Waals surface area (Å²) in [7, 11) is 2.35. The molecule has 0 fully saturated rings. The molecule has 0 bridgehead atoms. The van der Waals surface area contributed by atoms with Crippen LogP contribution in [0, 0.1) is 10.1 Å². The van der Waals surface area contributed by atoms with Crippen LogP contribution < -0.4 is 5.32 Å². The van der Waals surface area contributed by atoms with Crippen LogP contribution in [0.2, 0.25) is 0 Å². The van der Waals surface area contributed by atoms with Crippen molar-refractivity contribution in [2.45, 2.75) is 0 Å². The number of esters is 2. The number of furan rings is 1. The maximum atomic E-state index is 12.0. The molecule has 10 nitrogen and oxygen atoms in total. The van der Waals surface area contributed by atoms with Crippen LogP contribution in [0.4, 0.5) is 11.6 Å². The molecule has 2 aromatic rings. The molecule has 27 heavy (non-hydrogen) atoms. The molecule has 0 radical (unpaired) electrons. The lowest BCUT2D eigenvalue weighted by atomic mass is 10.1. The van der Waals surface area contributed by atoms with E-state index < -0.39 is 28.7 Å². The molecular weight excluding hydrogens is 360 g/mol. The summed E-state index contributed by atoms with van der Waals surface area (Å²) in [5.74, 6) is -2.37. The van der Waals surface area contributed by atoms with Gasteiger partial charge >= 0.3 is 17.8 Å². The minimum absolute atomic E-state index is 0.0429. The van der Waals surface area contributed by atoms with E-state index in [1.807, 2.05) is 0 Å². The Hall–Kier alpha value is -3.95. The van der Waals surface area contributed by atoms with Crippen molar-refractivity contribution in [2.75, 3.05) is 19.5 Å². The van der Waals surface area contributed by atoms with Gasteiger partial charge in [0.05, 0.1) is 31.4 Å². The highest BCUT2D eigenvalue weighted by atomic mass is 16.6. The number of ether oxygens (including phenoxy) is 2. The van der Waals surface area contributed by atoms with Gasteiger partial charge in [0, 0.05) is 11.8 Å². The first kappa shape index (κ1) is 19.4. The number of methoxy groups -OCH3 is 2. The van der Waals surface area contributed by atoms with Crippen molar-refractivity contribution in [1.82, 2.24) is 0 Å². The monoisotopic (exact) mass is 374 g/mol. The molecule has 2 rings (SSSR count). The smallest absolute Gasteiger partial charge is 0.433 e. The molecule has 0 spiro atoms. The topological polar surface area (TPSA) is 138 Å². The molecule has 1 N–H and O–H groups in total. The summed E-state index contributed by atoms with van der Waals surface area (Å²) in [5, 5.41) is 13.0. The molecule has 1 amide bonds. The SMILES string of the molecule is COC(=O)c1cc(NC(=O)C=Cc2ccc([N+](=O)[O-])o2)cc(C(=O)OC)c1. The van der Waals surface area contributed by atoms with E-state index in [1.165, 1.54) is 44.6 Å². The maximum Gasteiger partial charge on any atom is 0.433 e. The van der Waals surface area contributed by atoms with E-state index in [2.05, 4.69) is 14.8 Å². The zero-order valence-corrected chi connectivity index (χ0v) is 14.3. The number of benzene rings is 1. The standard InChI is InChI=1S/C17H14N2O8/c1-25-16(21)10-7-11(17(22)26-2)9-12(8-10)18-14(20)5-3-13-4-6-15(27-13)19(23)24/h3-9H,1-2H3,(H,18,20). The van der Waals surface area contributed by atoms with Gasteiger partial charge in [-0.3, -0.25) is 14.9 Å². The second kappa shape index (κ2) is 8.43. The highest BCUT2D eigenvalue weighted by Gasteiger charge is 2.15. The van der Waals surface area contributed by atoms with Crippen LogP contribution in [0.25, 0.3) is 6.08 Å². The Balaban J connectivity index is 2.20. The molecule has 1 aromatic carbocycles. The summed E-state index contributed by atoms with van der Waals surface area (Å²) in [6.45, 7) is 0. The molecule has 0 aliphatic rings. The van der Waals surface area contributed by atoms with Crippen LogP contribution >= 0.6 is 0 Å². The van der Waals surface area contributed by atoms with Gasteiger partial charge in [-0.25, -0.2) is 9.59 Å². The molecule has 0 aliphatic heterocycles. The molecule has 0 saturated heterocycles. The van der Waals surface area contributed by atoms with Crippen molar-refractivity contribution in [3.05, 3.63) is 63.4 Å². The first-order chi connectivity index (χ1) is 12.8. The van der Waals surface area contributed by atoms with Gasteiger partial charge in [0.1, 0.15) is 10.7 Å². The van der Waals surface area contributed by atoms with Crippen molar-refractivity contribution in [3.8, 4) is 0 Å². The Bertz CT molecular complexity index is 895. The van der Waals surface area contributed by atoms with Crippen LogP contribution in [-0.2, 0) is 14.3 Å². The number of amides is 1. The lowest BCUT2D eigenvalue weighted by molar-refractivity contribution is -0.402. The van der Waals surface area contributed by atoms with E-state index in [4.69, 9.17) is 4.42 Å². The first-order valence-corrected chi connectivity index (χ1v) is 7.39. The average molecular weight is 374 g/mol. The molecule has 1 aromatic heterocycles. The second-order valence-corrected chi connectivity index (χ2v) is 5.04. The van der Waals surface area contributed by atoms with E-state index in [-0.39, 0.29) is 22.6 Å². The Labute approximate surface area is 152 Å². The number of hydrogen-bond donors (Lipinski definition) is 1. The molecule has 1 heterocycles. The third-order valence-corrected chi connectivity index (χ3v) is 3.23. The van der Waals surface area contributed by atoms with E-state index in [9.17, 15) is 24.5 Å². The third-order valence-electron chi connectivity index (χ3n) is 3.23. The first-order valence-electron chi connectivity index (χ1n) is 7.39. The number of hydrogen-bond acceptors (Lipinski definition) is 8. The Morgan fingerprint density at radius 2 is 1.67 bits per heavy atom. The van der Waals surface area contributed by atoms with Crippen LogP contribution in [0.3, 0.4) is 0 Å². The number of nitrogens with one attached hydrogen (secondary N) is 1. The fourth-order valence-electron chi connectivity index (χ4n) is 2.04. The zero-order valence-electron chi connectivity index (χ0n) is 14.3. The van der Waals surface area contributed by atoms with Crippen molar-refractivity contribution in [3.63, 3.8) is 0 Å². The fraction of sp³-hybridized carbons (Fsp3) is 0.118. The van der Waals surface area contributed by atoms with Gasteiger partial charge < -0.3 is 19.2 Å². The molecule has 0 aliphatic carbocycles. The van der Waals surface area contributed by atoms with Crippen molar-refractivity contribution < 1.29 is 33.2 Å². The van der Waals surface area contributed by atoms with Gasteiger partial charge in [-0.2, -0.15) is 0 Å². The number of carbonyl (C=O) groups is 3. The average Bonchev–Trinajstić information content (AvgIpc) is 3.14. The lowest BCUT2D eigenvalue weighted by Gasteiger charge is -2.08. The van der Waals surface area contributed by atoms with E-state index >= 15 is 0 Å². The molecule has 140 valence electrons. The van der Waals surface area contributed by atoms with E-state index in [1.54, 1.807) is 0 Å². The van der Waals surface area contributed by atoms with Crippen molar-refractivity contribution in [2.24, 2.45) is 0 Å². The Morgan fingerprint density at radius 3 is 2.15 bits per heavy atom. The normalized spacial score (nSPS) is 10.4. The minimum Gasteiger partial charge on any atom is -0.465 e. The van der Waals surface area contributed by atoms with Crippen molar-refractivity contribution >= 4 is 35.5 Å². The number of carbonyl (C=O) groups excluding carboxylic acids is 3. The Kier molecular flexibility index (Phi) is 6.05. The number of nitrogens with zero attached hydrogens (tertiary/aromatic N) is 1. The third kappa shape index (κ3) is 5.01. The lowest BCUT2D eigenvalue weighted by Crippen LogP contribution is -2.12. The molecule has 0 saturated carbocycles. The van der Waals surface area contributed by atoms with Crippen LogP contribution in [0.1, 0.15) is 26.5 Å². The van der Waals surface area contributed by atoms with E-state index in [0.29, 0.717) is 0 Å². The fourth-order valence-corrected chi connectivity index (χ4v) is 2.04. The summed E-state index contributed by atoms with van der Waals surface area (Å²) in [5.41, 5.74) is 0.237. The summed E-state index contributed by atoms with van der Waals surface area (Å²) < 4.78 is 14.1. The van der Waals surface area contributed by atoms with Crippen LogP contribution in [0.5, 0.6) is 0 Å². The summed E-state index contributed by atoms with van der Waals surface area (Å²) in [6, 6.07) is 6.39. The Morgan fingerprint density at radius 1 is 1.07 bits per heavy atom. The number of nitro groups is 1. The second-order valence-electron chi connectivity index (χ2n) is 5.04. The largest absolute Gasteiger partial charge is 0.465 e. The zero-order chi connectivity index (χ0) is 20.0. The van der Waals surface area contributed by atoms with Gasteiger partial charge in [-0.05, 0) is 30.3 Å². The maximum absolute atomic E-state index is 12.0. The van der Waals surface area contributed by atoms with Gasteiger partial charge in [0.25, 0.3) is 0 Å². The summed E-state index contributed by atoms with van der Waals surface area (Å²) >= 11 is 0. The molecule has 0 unspecified atom stereocenters. The number of rotatable bonds is 6. The van der Waals surface area contributed by atoms with Gasteiger partial charge in [0.2, 0.25) is 5.91 Å². The predicted molar refractivity (Wildman–Crippen MR) is 92.1 cm³/mol. The molecule has 0 atom stereocenters. The summed E-state index contributed by atoms with van der Waals surface area (Å²) in [4.78, 5) is 45.3. The van der Waals surface area contributed by atoms with Crippen LogP contribution in [0.15, 0.2) is 40.8 Å². The minimum atomic E-state index is -0.704. The molecular formula is C17H14N2O8. The quantitative estimate of drug-likeness (QED) is 0.352. The van der Waals surface area contributed by atoms with Crippen LogP contribution in [-0.4, -0.2) is 37.0 Å². The number of anilines is 1. The van der Waals surface area contributed by atoms with Gasteiger partial charge in [0.15, 0.2) is 0 Å².